The Labute approximate surface area is 135 Å². The molecule has 0 saturated carbocycles. The molecule has 22 heavy (non-hydrogen) atoms. The van der Waals surface area contributed by atoms with Gasteiger partial charge in [-0.25, -0.2) is 4.39 Å². The standard InChI is InChI=1S/C17H19FN2OS/c1-3-16(12-7-9-15(21-2)10-8-12)20-17(22)19-14-6-4-5-13(18)11-14/h4-11,16H,3H2,1-2H3,(H2,19,20,22)/t16-/m1/s1. The van der Waals surface area contributed by atoms with Crippen LogP contribution in [0.2, 0.25) is 0 Å². The average Bonchev–Trinajstić information content (AvgIpc) is 2.53. The van der Waals surface area contributed by atoms with Gasteiger partial charge in [0, 0.05) is 5.69 Å². The molecule has 0 aliphatic carbocycles. The Balaban J connectivity index is 2.01. The third-order valence-electron chi connectivity index (χ3n) is 3.31. The molecule has 2 aromatic carbocycles. The molecule has 2 aromatic rings. The maximum Gasteiger partial charge on any atom is 0.171 e. The molecule has 0 spiro atoms. The average molecular weight is 318 g/mol. The first kappa shape index (κ1) is 16.2. The van der Waals surface area contributed by atoms with Crippen molar-refractivity contribution in [2.45, 2.75) is 19.4 Å². The van der Waals surface area contributed by atoms with Crippen molar-refractivity contribution in [3.05, 3.63) is 59.9 Å². The van der Waals surface area contributed by atoms with E-state index >= 15 is 0 Å². The Hall–Kier alpha value is -2.14. The van der Waals surface area contributed by atoms with Crippen molar-refractivity contribution in [3.63, 3.8) is 0 Å². The Morgan fingerprint density at radius 2 is 1.95 bits per heavy atom. The SMILES string of the molecule is CC[C@@H](NC(=S)Nc1cccc(F)c1)c1ccc(OC)cc1. The fraction of sp³-hybridized carbons (Fsp3) is 0.235. The molecule has 3 nitrogen and oxygen atoms in total. The van der Waals surface area contributed by atoms with Crippen LogP contribution in [0.3, 0.4) is 0 Å². The summed E-state index contributed by atoms with van der Waals surface area (Å²) < 4.78 is 18.3. The minimum Gasteiger partial charge on any atom is -0.497 e. The first-order chi connectivity index (χ1) is 10.6. The molecule has 2 N–H and O–H groups in total. The number of benzene rings is 2. The lowest BCUT2D eigenvalue weighted by molar-refractivity contribution is 0.414. The predicted molar refractivity (Wildman–Crippen MR) is 91.8 cm³/mol. The van der Waals surface area contributed by atoms with Crippen LogP contribution in [0.5, 0.6) is 5.75 Å². The van der Waals surface area contributed by atoms with Crippen molar-refractivity contribution in [2.75, 3.05) is 12.4 Å². The van der Waals surface area contributed by atoms with Crippen molar-refractivity contribution in [2.24, 2.45) is 0 Å². The molecule has 1 atom stereocenters. The van der Waals surface area contributed by atoms with Crippen LogP contribution in [0.25, 0.3) is 0 Å². The summed E-state index contributed by atoms with van der Waals surface area (Å²) in [4.78, 5) is 0. The molecule has 0 saturated heterocycles. The van der Waals surface area contributed by atoms with Gasteiger partial charge in [0.1, 0.15) is 11.6 Å². The molecule has 0 aliphatic rings. The van der Waals surface area contributed by atoms with Gasteiger partial charge in [-0.05, 0) is 54.5 Å². The molecule has 0 radical (unpaired) electrons. The zero-order chi connectivity index (χ0) is 15.9. The van der Waals surface area contributed by atoms with Gasteiger partial charge < -0.3 is 15.4 Å². The molecule has 116 valence electrons. The molecule has 0 bridgehead atoms. The lowest BCUT2D eigenvalue weighted by atomic mass is 10.0. The highest BCUT2D eigenvalue weighted by molar-refractivity contribution is 7.80. The molecule has 0 unspecified atom stereocenters. The quantitative estimate of drug-likeness (QED) is 0.807. The number of rotatable bonds is 5. The fourth-order valence-electron chi connectivity index (χ4n) is 2.15. The van der Waals surface area contributed by atoms with E-state index in [1.165, 1.54) is 12.1 Å². The van der Waals surface area contributed by atoms with Gasteiger partial charge in [0.25, 0.3) is 0 Å². The normalized spacial score (nSPS) is 11.6. The van der Waals surface area contributed by atoms with E-state index in [1.807, 2.05) is 24.3 Å². The summed E-state index contributed by atoms with van der Waals surface area (Å²) in [6.07, 6.45) is 0.872. The van der Waals surface area contributed by atoms with Crippen LogP contribution in [0.15, 0.2) is 48.5 Å². The Kier molecular flexibility index (Phi) is 5.72. The minimum atomic E-state index is -0.296. The van der Waals surface area contributed by atoms with Crippen molar-refractivity contribution >= 4 is 23.0 Å². The third kappa shape index (κ3) is 4.43. The van der Waals surface area contributed by atoms with E-state index in [4.69, 9.17) is 17.0 Å². The first-order valence-electron chi connectivity index (χ1n) is 7.09. The van der Waals surface area contributed by atoms with Crippen LogP contribution in [0.1, 0.15) is 24.9 Å². The third-order valence-corrected chi connectivity index (χ3v) is 3.53. The Morgan fingerprint density at radius 3 is 2.55 bits per heavy atom. The second kappa shape index (κ2) is 7.75. The van der Waals surface area contributed by atoms with Gasteiger partial charge in [0.05, 0.1) is 13.2 Å². The second-order valence-electron chi connectivity index (χ2n) is 4.84. The number of nitrogens with one attached hydrogen (secondary N) is 2. The smallest absolute Gasteiger partial charge is 0.171 e. The van der Waals surface area contributed by atoms with Crippen LogP contribution in [0, 0.1) is 5.82 Å². The lowest BCUT2D eigenvalue weighted by Gasteiger charge is -2.20. The number of thiocarbonyl (C=S) groups is 1. The monoisotopic (exact) mass is 318 g/mol. The summed E-state index contributed by atoms with van der Waals surface area (Å²) in [7, 11) is 1.64. The van der Waals surface area contributed by atoms with Gasteiger partial charge in [-0.1, -0.05) is 25.1 Å². The number of hydrogen-bond acceptors (Lipinski definition) is 2. The Bertz CT molecular complexity index is 631. The first-order valence-corrected chi connectivity index (χ1v) is 7.50. The summed E-state index contributed by atoms with van der Waals surface area (Å²) in [6, 6.07) is 14.1. The summed E-state index contributed by atoms with van der Waals surface area (Å²) in [5, 5.41) is 6.71. The van der Waals surface area contributed by atoms with Crippen LogP contribution in [0.4, 0.5) is 10.1 Å². The van der Waals surface area contributed by atoms with Crippen LogP contribution in [-0.4, -0.2) is 12.2 Å². The molecule has 0 aliphatic heterocycles. The van der Waals surface area contributed by atoms with Gasteiger partial charge in [-0.3, -0.25) is 0 Å². The van der Waals surface area contributed by atoms with E-state index in [9.17, 15) is 4.39 Å². The fourth-order valence-corrected chi connectivity index (χ4v) is 2.41. The number of hydrogen-bond donors (Lipinski definition) is 2. The number of ether oxygens (including phenoxy) is 1. The summed E-state index contributed by atoms with van der Waals surface area (Å²) in [5.74, 6) is 0.522. The van der Waals surface area contributed by atoms with E-state index in [-0.39, 0.29) is 11.9 Å². The molecule has 0 aromatic heterocycles. The maximum absolute atomic E-state index is 13.2. The van der Waals surface area contributed by atoms with Crippen LogP contribution < -0.4 is 15.4 Å². The van der Waals surface area contributed by atoms with Crippen LogP contribution in [-0.2, 0) is 0 Å². The molecular weight excluding hydrogens is 299 g/mol. The van der Waals surface area contributed by atoms with Gasteiger partial charge in [0.15, 0.2) is 5.11 Å². The van der Waals surface area contributed by atoms with Gasteiger partial charge in [0.2, 0.25) is 0 Å². The van der Waals surface area contributed by atoms with Crippen molar-refractivity contribution in [3.8, 4) is 5.75 Å². The van der Waals surface area contributed by atoms with Gasteiger partial charge in [-0.15, -0.1) is 0 Å². The van der Waals surface area contributed by atoms with Crippen LogP contribution >= 0.6 is 12.2 Å². The number of methoxy groups -OCH3 is 1. The van der Waals surface area contributed by atoms with Crippen molar-refractivity contribution < 1.29 is 9.13 Å². The minimum absolute atomic E-state index is 0.0828. The molecule has 0 heterocycles. The molecular formula is C17H19FN2OS. The van der Waals surface area contributed by atoms with Gasteiger partial charge in [-0.2, -0.15) is 0 Å². The summed E-state index contributed by atoms with van der Waals surface area (Å²) in [6.45, 7) is 2.08. The summed E-state index contributed by atoms with van der Waals surface area (Å²) in [5.41, 5.74) is 1.74. The molecule has 5 heteroatoms. The predicted octanol–water partition coefficient (Wildman–Crippen LogP) is 4.27. The van der Waals surface area contributed by atoms with E-state index < -0.39 is 0 Å². The van der Waals surface area contributed by atoms with E-state index in [1.54, 1.807) is 19.2 Å². The highest BCUT2D eigenvalue weighted by atomic mass is 32.1. The Morgan fingerprint density at radius 1 is 1.23 bits per heavy atom. The lowest BCUT2D eigenvalue weighted by Crippen LogP contribution is -2.32. The molecule has 0 fully saturated rings. The molecule has 0 amide bonds. The zero-order valence-electron chi connectivity index (χ0n) is 12.6. The number of anilines is 1. The van der Waals surface area contributed by atoms with Gasteiger partial charge >= 0.3 is 0 Å². The highest BCUT2D eigenvalue weighted by Crippen LogP contribution is 2.20. The highest BCUT2D eigenvalue weighted by Gasteiger charge is 2.11. The summed E-state index contributed by atoms with van der Waals surface area (Å²) >= 11 is 5.30. The van der Waals surface area contributed by atoms with Crippen molar-refractivity contribution in [1.82, 2.24) is 5.32 Å². The van der Waals surface area contributed by atoms with Crippen molar-refractivity contribution in [1.29, 1.82) is 0 Å². The van der Waals surface area contributed by atoms with E-state index in [2.05, 4.69) is 17.6 Å². The number of halogens is 1. The van der Waals surface area contributed by atoms with E-state index in [0.717, 1.165) is 17.7 Å². The topological polar surface area (TPSA) is 33.3 Å². The maximum atomic E-state index is 13.2. The zero-order valence-corrected chi connectivity index (χ0v) is 13.4. The van der Waals surface area contributed by atoms with E-state index in [0.29, 0.717) is 10.8 Å². The second-order valence-corrected chi connectivity index (χ2v) is 5.25. The largest absolute Gasteiger partial charge is 0.497 e. The molecule has 2 rings (SSSR count).